The van der Waals surface area contributed by atoms with Crippen molar-refractivity contribution in [3.05, 3.63) is 11.1 Å². The van der Waals surface area contributed by atoms with E-state index < -0.39 is 10.1 Å². The molecule has 132 valence electrons. The monoisotopic (exact) mass is 344 g/mol. The second kappa shape index (κ2) is 6.82. The van der Waals surface area contributed by atoms with Gasteiger partial charge in [0, 0.05) is 6.61 Å². The van der Waals surface area contributed by atoms with E-state index in [1.165, 1.54) is 11.1 Å². The van der Waals surface area contributed by atoms with Crippen LogP contribution in [0.15, 0.2) is 11.1 Å². The van der Waals surface area contributed by atoms with Crippen molar-refractivity contribution in [1.29, 1.82) is 0 Å². The van der Waals surface area contributed by atoms with Gasteiger partial charge in [0.15, 0.2) is 6.29 Å². The Bertz CT molecular complexity index is 562. The van der Waals surface area contributed by atoms with E-state index in [2.05, 4.69) is 13.8 Å². The summed E-state index contributed by atoms with van der Waals surface area (Å²) in [6.07, 6.45) is 5.36. The SMILES string of the molecule is CC1=C(C)[C@@H]2C[C@H]1[C@H](COS(C)(=O)=O)[C@H]2COC1CCCCO1. The Balaban J connectivity index is 1.65. The molecule has 3 aliphatic rings. The average molecular weight is 344 g/mol. The van der Waals surface area contributed by atoms with Crippen LogP contribution in [0.3, 0.4) is 0 Å². The molecule has 1 saturated heterocycles. The molecule has 3 rings (SSSR count). The lowest BCUT2D eigenvalue weighted by Gasteiger charge is -2.33. The Morgan fingerprint density at radius 1 is 1.09 bits per heavy atom. The summed E-state index contributed by atoms with van der Waals surface area (Å²) < 4.78 is 39.5. The number of fused-ring (bicyclic) bond motifs is 2. The van der Waals surface area contributed by atoms with Gasteiger partial charge < -0.3 is 9.47 Å². The van der Waals surface area contributed by atoms with Crippen LogP contribution in [-0.4, -0.2) is 40.8 Å². The Labute approximate surface area is 139 Å². The molecule has 0 radical (unpaired) electrons. The van der Waals surface area contributed by atoms with Gasteiger partial charge in [0.1, 0.15) is 0 Å². The molecule has 2 aliphatic carbocycles. The molecule has 0 aromatic rings. The van der Waals surface area contributed by atoms with Gasteiger partial charge in [0.2, 0.25) is 0 Å². The first-order valence-electron chi connectivity index (χ1n) is 8.61. The maximum Gasteiger partial charge on any atom is 0.264 e. The van der Waals surface area contributed by atoms with E-state index >= 15 is 0 Å². The molecule has 0 aromatic carbocycles. The van der Waals surface area contributed by atoms with Crippen molar-refractivity contribution in [2.24, 2.45) is 23.7 Å². The van der Waals surface area contributed by atoms with Crippen molar-refractivity contribution in [2.45, 2.75) is 45.8 Å². The number of rotatable bonds is 6. The van der Waals surface area contributed by atoms with Crippen LogP contribution in [0.2, 0.25) is 0 Å². The molecule has 0 amide bonds. The van der Waals surface area contributed by atoms with E-state index in [1.807, 2.05) is 0 Å². The maximum absolute atomic E-state index is 11.4. The van der Waals surface area contributed by atoms with E-state index in [4.69, 9.17) is 13.7 Å². The predicted molar refractivity (Wildman–Crippen MR) is 87.3 cm³/mol. The average Bonchev–Trinajstić information content (AvgIpc) is 3.00. The van der Waals surface area contributed by atoms with Crippen LogP contribution >= 0.6 is 0 Å². The molecule has 5 nitrogen and oxygen atoms in total. The molecule has 6 heteroatoms. The standard InChI is InChI=1S/C17H28O5S/c1-11-12(2)14-8-13(11)15(16(14)10-22-23(3,18)19)9-21-17-6-4-5-7-20-17/h13-17H,4-10H2,1-3H3/t13-,14+,15-,16-,17?/m0/s1. The summed E-state index contributed by atoms with van der Waals surface area (Å²) in [7, 11) is -3.40. The Morgan fingerprint density at radius 2 is 1.74 bits per heavy atom. The van der Waals surface area contributed by atoms with Crippen LogP contribution in [-0.2, 0) is 23.8 Å². The summed E-state index contributed by atoms with van der Waals surface area (Å²) in [5.41, 5.74) is 2.88. The Hall–Kier alpha value is -0.430. The van der Waals surface area contributed by atoms with E-state index in [0.717, 1.165) is 38.5 Å². The fourth-order valence-electron chi connectivity index (χ4n) is 4.54. The van der Waals surface area contributed by atoms with E-state index in [9.17, 15) is 8.42 Å². The third-order valence-corrected chi connectivity index (χ3v) is 6.48. The Morgan fingerprint density at radius 3 is 2.30 bits per heavy atom. The smallest absolute Gasteiger partial charge is 0.264 e. The molecule has 0 aromatic heterocycles. The third kappa shape index (κ3) is 3.81. The fraction of sp³-hybridized carbons (Fsp3) is 0.882. The molecule has 1 heterocycles. The lowest BCUT2D eigenvalue weighted by atomic mass is 9.77. The molecular weight excluding hydrogens is 316 g/mol. The molecule has 5 atom stereocenters. The summed E-state index contributed by atoms with van der Waals surface area (Å²) in [6, 6.07) is 0. The van der Waals surface area contributed by atoms with Crippen LogP contribution in [0.1, 0.15) is 39.5 Å². The van der Waals surface area contributed by atoms with Gasteiger partial charge in [-0.25, -0.2) is 0 Å². The summed E-state index contributed by atoms with van der Waals surface area (Å²) >= 11 is 0. The van der Waals surface area contributed by atoms with Crippen molar-refractivity contribution >= 4 is 10.1 Å². The first kappa shape index (κ1) is 17.4. The zero-order valence-electron chi connectivity index (χ0n) is 14.3. The van der Waals surface area contributed by atoms with Crippen LogP contribution in [0.5, 0.6) is 0 Å². The van der Waals surface area contributed by atoms with E-state index in [0.29, 0.717) is 24.4 Å². The molecule has 2 bridgehead atoms. The summed E-state index contributed by atoms with van der Waals surface area (Å²) in [5.74, 6) is 1.48. The van der Waals surface area contributed by atoms with Gasteiger partial charge in [-0.3, -0.25) is 4.18 Å². The van der Waals surface area contributed by atoms with Gasteiger partial charge in [-0.1, -0.05) is 11.1 Å². The van der Waals surface area contributed by atoms with Crippen LogP contribution in [0, 0.1) is 23.7 Å². The second-order valence-corrected chi connectivity index (χ2v) is 8.90. The third-order valence-electron chi connectivity index (χ3n) is 5.91. The molecule has 1 saturated carbocycles. The number of hydrogen-bond acceptors (Lipinski definition) is 5. The van der Waals surface area contributed by atoms with Gasteiger partial charge >= 0.3 is 0 Å². The van der Waals surface area contributed by atoms with E-state index in [1.54, 1.807) is 0 Å². The van der Waals surface area contributed by atoms with Gasteiger partial charge in [-0.05, 0) is 63.2 Å². The van der Waals surface area contributed by atoms with Crippen molar-refractivity contribution in [3.63, 3.8) is 0 Å². The molecular formula is C17H28O5S. The lowest BCUT2D eigenvalue weighted by molar-refractivity contribution is -0.173. The number of hydrogen-bond donors (Lipinski definition) is 0. The van der Waals surface area contributed by atoms with Crippen molar-refractivity contribution in [3.8, 4) is 0 Å². The highest BCUT2D eigenvalue weighted by molar-refractivity contribution is 7.85. The largest absolute Gasteiger partial charge is 0.353 e. The zero-order chi connectivity index (χ0) is 16.6. The first-order valence-corrected chi connectivity index (χ1v) is 10.4. The molecule has 23 heavy (non-hydrogen) atoms. The fourth-order valence-corrected chi connectivity index (χ4v) is 4.95. The Kier molecular flexibility index (Phi) is 5.16. The minimum atomic E-state index is -3.40. The highest BCUT2D eigenvalue weighted by Gasteiger charge is 2.50. The van der Waals surface area contributed by atoms with Crippen LogP contribution in [0.25, 0.3) is 0 Å². The quantitative estimate of drug-likeness (QED) is 0.548. The highest BCUT2D eigenvalue weighted by atomic mass is 32.2. The minimum Gasteiger partial charge on any atom is -0.353 e. The summed E-state index contributed by atoms with van der Waals surface area (Å²) in [5, 5.41) is 0. The normalized spacial score (nSPS) is 37.6. The first-order chi connectivity index (χ1) is 10.9. The van der Waals surface area contributed by atoms with Crippen LogP contribution in [0.4, 0.5) is 0 Å². The molecule has 2 fully saturated rings. The summed E-state index contributed by atoms with van der Waals surface area (Å²) in [4.78, 5) is 0. The zero-order valence-corrected chi connectivity index (χ0v) is 15.1. The van der Waals surface area contributed by atoms with Gasteiger partial charge in [-0.2, -0.15) is 8.42 Å². The van der Waals surface area contributed by atoms with E-state index in [-0.39, 0.29) is 18.8 Å². The molecule has 0 N–H and O–H groups in total. The topological polar surface area (TPSA) is 61.8 Å². The van der Waals surface area contributed by atoms with Crippen molar-refractivity contribution < 1.29 is 22.1 Å². The molecule has 1 unspecified atom stereocenters. The second-order valence-electron chi connectivity index (χ2n) is 7.26. The minimum absolute atomic E-state index is 0.0928. The van der Waals surface area contributed by atoms with Crippen molar-refractivity contribution in [1.82, 2.24) is 0 Å². The van der Waals surface area contributed by atoms with Crippen molar-refractivity contribution in [2.75, 3.05) is 26.1 Å². The molecule has 1 aliphatic heterocycles. The maximum atomic E-state index is 11.4. The number of allylic oxidation sites excluding steroid dienone is 2. The lowest BCUT2D eigenvalue weighted by Crippen LogP contribution is -2.34. The highest BCUT2D eigenvalue weighted by Crippen LogP contribution is 2.55. The summed E-state index contributed by atoms with van der Waals surface area (Å²) in [6.45, 7) is 6.06. The van der Waals surface area contributed by atoms with Gasteiger partial charge in [0.05, 0.1) is 19.5 Å². The number of ether oxygens (including phenoxy) is 2. The predicted octanol–water partition coefficient (Wildman–Crippen LogP) is 2.72. The van der Waals surface area contributed by atoms with Gasteiger partial charge in [-0.15, -0.1) is 0 Å². The van der Waals surface area contributed by atoms with Gasteiger partial charge in [0.25, 0.3) is 10.1 Å². The molecule has 0 spiro atoms. The van der Waals surface area contributed by atoms with Crippen LogP contribution < -0.4 is 0 Å².